The molecule has 48 heavy (non-hydrogen) atoms. The summed E-state index contributed by atoms with van der Waals surface area (Å²) in [7, 11) is 0. The maximum Gasteiger partial charge on any atom is 0.307 e. The van der Waals surface area contributed by atoms with Crippen LogP contribution in [0.4, 0.5) is 5.69 Å². The van der Waals surface area contributed by atoms with E-state index in [9.17, 15) is 29.4 Å². The lowest BCUT2D eigenvalue weighted by Gasteiger charge is -2.36. The molecule has 3 N–H and O–H groups in total. The van der Waals surface area contributed by atoms with E-state index < -0.39 is 54.5 Å². The summed E-state index contributed by atoms with van der Waals surface area (Å²) in [5.74, 6) is -5.06. The molecule has 246 valence electrons. The molecule has 1 heterocycles. The lowest BCUT2D eigenvalue weighted by atomic mass is 9.86. The van der Waals surface area contributed by atoms with Gasteiger partial charge in [-0.15, -0.1) is 0 Å². The number of nitrogens with zero attached hydrogens (tertiary/aromatic N) is 2. The Labute approximate surface area is 281 Å². The van der Waals surface area contributed by atoms with Crippen LogP contribution in [0, 0.1) is 5.92 Å². The fraction of sp³-hybridized carbons (Fsp3) is 0.216. The maximum atomic E-state index is 14.0. The van der Waals surface area contributed by atoms with Crippen molar-refractivity contribution >= 4 is 51.8 Å². The van der Waals surface area contributed by atoms with E-state index in [2.05, 4.69) is 10.5 Å². The fourth-order valence-corrected chi connectivity index (χ4v) is 5.85. The molecule has 0 saturated carbocycles. The maximum absolute atomic E-state index is 14.0. The molecule has 3 atom stereocenters. The van der Waals surface area contributed by atoms with Crippen molar-refractivity contribution in [1.29, 1.82) is 0 Å². The SMILES string of the molecule is CC(C(Cc1cc(C(=O)Nc2ccccc2)no1)c1ccc(Cl)cc1)N(Cc1ccc2ccccc2c1)C(=O)CC(CC(=O)O)C(=O)O. The topological polar surface area (TPSA) is 150 Å². The van der Waals surface area contributed by atoms with Gasteiger partial charge in [-0.2, -0.15) is 0 Å². The summed E-state index contributed by atoms with van der Waals surface area (Å²) in [6.07, 6.45) is -0.960. The highest BCUT2D eigenvalue weighted by atomic mass is 35.5. The Morgan fingerprint density at radius 2 is 1.54 bits per heavy atom. The number of benzene rings is 4. The lowest BCUT2D eigenvalue weighted by Crippen LogP contribution is -2.43. The van der Waals surface area contributed by atoms with Crippen LogP contribution in [0.2, 0.25) is 5.02 Å². The Balaban J connectivity index is 1.48. The average molecular weight is 668 g/mol. The van der Waals surface area contributed by atoms with Gasteiger partial charge in [0.1, 0.15) is 5.76 Å². The third-order valence-electron chi connectivity index (χ3n) is 8.29. The highest BCUT2D eigenvalue weighted by Gasteiger charge is 2.33. The van der Waals surface area contributed by atoms with E-state index in [0.717, 1.165) is 21.9 Å². The number of nitrogens with one attached hydrogen (secondary N) is 1. The minimum Gasteiger partial charge on any atom is -0.481 e. The zero-order chi connectivity index (χ0) is 34.2. The van der Waals surface area contributed by atoms with Gasteiger partial charge in [-0.3, -0.25) is 19.2 Å². The first-order valence-electron chi connectivity index (χ1n) is 15.4. The number of para-hydroxylation sites is 1. The summed E-state index contributed by atoms with van der Waals surface area (Å²) < 4.78 is 5.61. The number of rotatable bonds is 14. The average Bonchev–Trinajstić information content (AvgIpc) is 3.55. The Bertz CT molecular complexity index is 1910. The third kappa shape index (κ3) is 8.65. The van der Waals surface area contributed by atoms with Gasteiger partial charge in [0.05, 0.1) is 12.3 Å². The molecule has 1 aromatic heterocycles. The van der Waals surface area contributed by atoms with E-state index in [0.29, 0.717) is 16.5 Å². The van der Waals surface area contributed by atoms with Crippen molar-refractivity contribution in [3.8, 4) is 0 Å². The van der Waals surface area contributed by atoms with Crippen LogP contribution in [0.5, 0.6) is 0 Å². The minimum atomic E-state index is -1.41. The van der Waals surface area contributed by atoms with E-state index >= 15 is 0 Å². The Morgan fingerprint density at radius 1 is 0.854 bits per heavy atom. The molecule has 5 rings (SSSR count). The smallest absolute Gasteiger partial charge is 0.307 e. The first-order chi connectivity index (χ1) is 23.1. The number of amides is 2. The van der Waals surface area contributed by atoms with E-state index in [1.54, 1.807) is 47.4 Å². The van der Waals surface area contributed by atoms with E-state index in [4.69, 9.17) is 16.1 Å². The van der Waals surface area contributed by atoms with Gasteiger partial charge in [0, 0.05) is 48.1 Å². The first kappa shape index (κ1) is 33.9. The number of carbonyl (C=O) groups is 4. The number of carboxylic acids is 2. The van der Waals surface area contributed by atoms with Gasteiger partial charge in [0.25, 0.3) is 5.91 Å². The summed E-state index contributed by atoms with van der Waals surface area (Å²) in [6.45, 7) is 1.99. The van der Waals surface area contributed by atoms with Gasteiger partial charge in [0.2, 0.25) is 5.91 Å². The summed E-state index contributed by atoms with van der Waals surface area (Å²) in [6, 6.07) is 30.7. The van der Waals surface area contributed by atoms with Crippen molar-refractivity contribution in [1.82, 2.24) is 10.1 Å². The molecule has 0 fully saturated rings. The lowest BCUT2D eigenvalue weighted by molar-refractivity contribution is -0.151. The van der Waals surface area contributed by atoms with Crippen molar-refractivity contribution in [3.63, 3.8) is 0 Å². The van der Waals surface area contributed by atoms with Crippen molar-refractivity contribution in [3.05, 3.63) is 131 Å². The number of carboxylic acid groups (broad SMARTS) is 2. The van der Waals surface area contributed by atoms with Gasteiger partial charge < -0.3 is 25.0 Å². The van der Waals surface area contributed by atoms with Crippen molar-refractivity contribution in [2.45, 2.75) is 44.7 Å². The molecule has 5 aromatic rings. The number of carbonyl (C=O) groups excluding carboxylic acids is 2. The fourth-order valence-electron chi connectivity index (χ4n) is 5.72. The molecule has 11 heteroatoms. The van der Waals surface area contributed by atoms with Crippen LogP contribution in [0.15, 0.2) is 108 Å². The molecular formula is C37H34ClN3O7. The summed E-state index contributed by atoms with van der Waals surface area (Å²) in [5.41, 5.74) is 2.31. The van der Waals surface area contributed by atoms with Crippen LogP contribution < -0.4 is 5.32 Å². The first-order valence-corrected chi connectivity index (χ1v) is 15.7. The number of fused-ring (bicyclic) bond motifs is 1. The summed E-state index contributed by atoms with van der Waals surface area (Å²) >= 11 is 6.22. The molecule has 0 bridgehead atoms. The normalized spacial score (nSPS) is 13.0. The number of aliphatic carboxylic acids is 2. The van der Waals surface area contributed by atoms with Crippen molar-refractivity contribution < 1.29 is 33.9 Å². The Hall–Kier alpha value is -5.48. The van der Waals surface area contributed by atoms with Gasteiger partial charge in [-0.05, 0) is 59.2 Å². The number of aromatic nitrogens is 1. The monoisotopic (exact) mass is 667 g/mol. The highest BCUT2D eigenvalue weighted by Crippen LogP contribution is 2.32. The van der Waals surface area contributed by atoms with Crippen LogP contribution in [-0.4, -0.2) is 50.1 Å². The molecule has 0 saturated heterocycles. The number of hydrogen-bond acceptors (Lipinski definition) is 6. The van der Waals surface area contributed by atoms with Crippen LogP contribution in [-0.2, 0) is 27.3 Å². The molecule has 0 aliphatic rings. The standard InChI is InChI=1S/C37H34ClN3O7/c1-23(41(34(42)18-28(37(46)47)19-35(43)44)22-24-11-12-25-7-5-6-8-27(25)17-24)32(26-13-15-29(38)16-14-26)20-31-21-33(40-48-31)36(45)39-30-9-3-2-4-10-30/h2-17,21,23,28,32H,18-20,22H2,1H3,(H,39,45)(H,43,44)(H,46,47). The molecule has 2 amide bonds. The quantitative estimate of drug-likeness (QED) is 0.114. The van der Waals surface area contributed by atoms with Crippen molar-refractivity contribution in [2.24, 2.45) is 5.92 Å². The van der Waals surface area contributed by atoms with Gasteiger partial charge in [-0.25, -0.2) is 0 Å². The molecular weight excluding hydrogens is 634 g/mol. The zero-order valence-corrected chi connectivity index (χ0v) is 26.8. The predicted octanol–water partition coefficient (Wildman–Crippen LogP) is 7.04. The number of halogens is 1. The van der Waals surface area contributed by atoms with Gasteiger partial charge in [-0.1, -0.05) is 83.5 Å². The van der Waals surface area contributed by atoms with Crippen LogP contribution in [0.25, 0.3) is 10.8 Å². The van der Waals surface area contributed by atoms with Crippen LogP contribution >= 0.6 is 11.6 Å². The summed E-state index contributed by atoms with van der Waals surface area (Å²) in [5, 5.41) is 28.4. The molecule has 0 aliphatic carbocycles. The zero-order valence-electron chi connectivity index (χ0n) is 26.1. The second kappa shape index (κ2) is 15.4. The molecule has 4 aromatic carbocycles. The third-order valence-corrected chi connectivity index (χ3v) is 8.55. The predicted molar refractivity (Wildman–Crippen MR) is 181 cm³/mol. The molecule has 0 spiro atoms. The minimum absolute atomic E-state index is 0.0819. The number of hydrogen-bond donors (Lipinski definition) is 3. The molecule has 3 unspecified atom stereocenters. The van der Waals surface area contributed by atoms with Crippen molar-refractivity contribution in [2.75, 3.05) is 5.32 Å². The largest absolute Gasteiger partial charge is 0.481 e. The second-order valence-electron chi connectivity index (χ2n) is 11.6. The Kier molecular flexibility index (Phi) is 10.9. The van der Waals surface area contributed by atoms with E-state index in [-0.39, 0.29) is 18.7 Å². The van der Waals surface area contributed by atoms with E-state index in [1.165, 1.54) is 0 Å². The van der Waals surface area contributed by atoms with Gasteiger partial charge >= 0.3 is 11.9 Å². The van der Waals surface area contributed by atoms with E-state index in [1.807, 2.05) is 67.6 Å². The van der Waals surface area contributed by atoms with Crippen LogP contribution in [0.3, 0.4) is 0 Å². The second-order valence-corrected chi connectivity index (χ2v) is 12.1. The van der Waals surface area contributed by atoms with Crippen LogP contribution in [0.1, 0.15) is 53.1 Å². The van der Waals surface area contributed by atoms with Gasteiger partial charge in [0.15, 0.2) is 5.69 Å². The Morgan fingerprint density at radius 3 is 2.23 bits per heavy atom. The molecule has 10 nitrogen and oxygen atoms in total. The summed E-state index contributed by atoms with van der Waals surface area (Å²) in [4.78, 5) is 51.9. The molecule has 0 aliphatic heterocycles. The molecule has 0 radical (unpaired) electrons. The highest BCUT2D eigenvalue weighted by molar-refractivity contribution is 6.30. The number of anilines is 1.